The zero-order chi connectivity index (χ0) is 21.4. The highest BCUT2D eigenvalue weighted by Crippen LogP contribution is 2.31. The SMILES string of the molecule is O=C1Nc2ncccc2/C1=C/c1ccc2c(C=Cc3ccc(C(=O)O)cc3)n[nH]c2c1. The van der Waals surface area contributed by atoms with Crippen LogP contribution in [-0.2, 0) is 4.79 Å². The average molecular weight is 408 g/mol. The highest BCUT2D eigenvalue weighted by atomic mass is 16.4. The van der Waals surface area contributed by atoms with Crippen molar-refractivity contribution in [3.63, 3.8) is 0 Å². The van der Waals surface area contributed by atoms with E-state index in [1.165, 1.54) is 0 Å². The molecule has 0 radical (unpaired) electrons. The number of anilines is 1. The van der Waals surface area contributed by atoms with Gasteiger partial charge >= 0.3 is 5.97 Å². The molecule has 0 saturated heterocycles. The number of carbonyl (C=O) groups is 2. The van der Waals surface area contributed by atoms with Gasteiger partial charge in [-0.2, -0.15) is 5.10 Å². The molecule has 0 bridgehead atoms. The fraction of sp³-hybridized carbons (Fsp3) is 0. The summed E-state index contributed by atoms with van der Waals surface area (Å²) in [5.74, 6) is -0.546. The third-order valence-electron chi connectivity index (χ3n) is 5.09. The Morgan fingerprint density at radius 1 is 1.00 bits per heavy atom. The van der Waals surface area contributed by atoms with E-state index in [1.807, 2.05) is 42.5 Å². The lowest BCUT2D eigenvalue weighted by atomic mass is 10.0. The minimum absolute atomic E-state index is 0.170. The maximum atomic E-state index is 12.3. The van der Waals surface area contributed by atoms with Crippen molar-refractivity contribution in [3.05, 3.63) is 88.7 Å². The number of aromatic nitrogens is 3. The molecule has 0 atom stereocenters. The number of hydrogen-bond donors (Lipinski definition) is 3. The van der Waals surface area contributed by atoms with E-state index in [1.54, 1.807) is 36.5 Å². The molecule has 0 fully saturated rings. The lowest BCUT2D eigenvalue weighted by Crippen LogP contribution is -2.04. The second kappa shape index (κ2) is 7.38. The van der Waals surface area contributed by atoms with Gasteiger partial charge in [0, 0.05) is 17.1 Å². The van der Waals surface area contributed by atoms with E-state index >= 15 is 0 Å². The van der Waals surface area contributed by atoms with Crippen LogP contribution in [0.1, 0.15) is 32.7 Å². The number of aromatic amines is 1. The van der Waals surface area contributed by atoms with E-state index in [-0.39, 0.29) is 11.5 Å². The number of rotatable bonds is 4. The molecule has 7 nitrogen and oxygen atoms in total. The first kappa shape index (κ1) is 18.5. The second-order valence-corrected chi connectivity index (χ2v) is 7.09. The van der Waals surface area contributed by atoms with Crippen LogP contribution < -0.4 is 5.32 Å². The van der Waals surface area contributed by atoms with Gasteiger partial charge in [0.1, 0.15) is 5.82 Å². The van der Waals surface area contributed by atoms with E-state index in [2.05, 4.69) is 20.5 Å². The van der Waals surface area contributed by atoms with Crippen molar-refractivity contribution in [1.29, 1.82) is 0 Å². The third-order valence-corrected chi connectivity index (χ3v) is 5.09. The van der Waals surface area contributed by atoms with Crippen molar-refractivity contribution in [2.75, 3.05) is 5.32 Å². The minimum Gasteiger partial charge on any atom is -0.478 e. The number of carboxylic acids is 1. The summed E-state index contributed by atoms with van der Waals surface area (Å²) >= 11 is 0. The molecule has 1 aliphatic rings. The van der Waals surface area contributed by atoms with E-state index < -0.39 is 5.97 Å². The molecule has 0 unspecified atom stereocenters. The summed E-state index contributed by atoms with van der Waals surface area (Å²) < 4.78 is 0. The Balaban J connectivity index is 1.43. The van der Waals surface area contributed by atoms with Gasteiger partial charge in [0.2, 0.25) is 0 Å². The number of benzene rings is 2. The minimum atomic E-state index is -0.950. The number of H-pyrrole nitrogens is 1. The summed E-state index contributed by atoms with van der Waals surface area (Å²) in [6.45, 7) is 0. The molecule has 4 aromatic rings. The van der Waals surface area contributed by atoms with Crippen LogP contribution in [0.15, 0.2) is 60.8 Å². The van der Waals surface area contributed by atoms with Gasteiger partial charge in [-0.1, -0.05) is 24.3 Å². The number of nitrogens with one attached hydrogen (secondary N) is 2. The van der Waals surface area contributed by atoms with Crippen LogP contribution in [0.2, 0.25) is 0 Å². The average Bonchev–Trinajstić information content (AvgIpc) is 3.33. The normalized spacial score (nSPS) is 14.3. The first-order valence-corrected chi connectivity index (χ1v) is 9.56. The maximum Gasteiger partial charge on any atom is 0.335 e. The van der Waals surface area contributed by atoms with Crippen molar-refractivity contribution in [2.24, 2.45) is 0 Å². The van der Waals surface area contributed by atoms with Gasteiger partial charge in [0.15, 0.2) is 0 Å². The van der Waals surface area contributed by atoms with E-state index in [0.717, 1.165) is 33.3 Å². The molecule has 2 aromatic heterocycles. The van der Waals surface area contributed by atoms with Crippen LogP contribution in [0.25, 0.3) is 34.7 Å². The zero-order valence-corrected chi connectivity index (χ0v) is 16.2. The van der Waals surface area contributed by atoms with Crippen molar-refractivity contribution in [2.45, 2.75) is 0 Å². The molecule has 0 aliphatic carbocycles. The first-order chi connectivity index (χ1) is 15.1. The maximum absolute atomic E-state index is 12.3. The molecule has 2 aromatic carbocycles. The van der Waals surface area contributed by atoms with Crippen LogP contribution in [0.3, 0.4) is 0 Å². The van der Waals surface area contributed by atoms with Gasteiger partial charge in [-0.05, 0) is 59.7 Å². The van der Waals surface area contributed by atoms with Crippen LogP contribution in [0, 0.1) is 0 Å². The summed E-state index contributed by atoms with van der Waals surface area (Å²) in [7, 11) is 0. The Labute approximate surface area is 176 Å². The molecule has 1 amide bonds. The highest BCUT2D eigenvalue weighted by molar-refractivity contribution is 6.34. The Morgan fingerprint density at radius 2 is 1.81 bits per heavy atom. The number of hydrogen-bond acceptors (Lipinski definition) is 4. The topological polar surface area (TPSA) is 108 Å². The van der Waals surface area contributed by atoms with Gasteiger partial charge < -0.3 is 10.4 Å². The van der Waals surface area contributed by atoms with Gasteiger partial charge in [-0.15, -0.1) is 0 Å². The molecular weight excluding hydrogens is 392 g/mol. The summed E-state index contributed by atoms with van der Waals surface area (Å²) in [5, 5.41) is 20.1. The summed E-state index contributed by atoms with van der Waals surface area (Å²) in [6.07, 6.45) is 7.24. The molecule has 5 rings (SSSR count). The molecule has 7 heteroatoms. The predicted molar refractivity (Wildman–Crippen MR) is 119 cm³/mol. The number of amides is 1. The quantitative estimate of drug-likeness (QED) is 0.436. The Hall–Kier alpha value is -4.52. The molecule has 0 saturated carbocycles. The van der Waals surface area contributed by atoms with Gasteiger partial charge in [0.25, 0.3) is 5.91 Å². The van der Waals surface area contributed by atoms with Crippen molar-refractivity contribution >= 4 is 52.4 Å². The zero-order valence-electron chi connectivity index (χ0n) is 16.2. The first-order valence-electron chi connectivity index (χ1n) is 9.56. The van der Waals surface area contributed by atoms with E-state index in [0.29, 0.717) is 11.4 Å². The van der Waals surface area contributed by atoms with Crippen LogP contribution in [0.4, 0.5) is 5.82 Å². The molecular formula is C24H16N4O3. The van der Waals surface area contributed by atoms with Crippen LogP contribution in [-0.4, -0.2) is 32.2 Å². The third kappa shape index (κ3) is 3.49. The van der Waals surface area contributed by atoms with Crippen molar-refractivity contribution < 1.29 is 14.7 Å². The molecule has 150 valence electrons. The number of carboxylic acid groups (broad SMARTS) is 1. The molecule has 3 heterocycles. The predicted octanol–water partition coefficient (Wildman–Crippen LogP) is 4.32. The molecule has 31 heavy (non-hydrogen) atoms. The van der Waals surface area contributed by atoms with Gasteiger partial charge in [-0.25, -0.2) is 9.78 Å². The van der Waals surface area contributed by atoms with Crippen molar-refractivity contribution in [3.8, 4) is 0 Å². The molecule has 0 spiro atoms. The lowest BCUT2D eigenvalue weighted by molar-refractivity contribution is -0.110. The fourth-order valence-electron chi connectivity index (χ4n) is 3.52. The van der Waals surface area contributed by atoms with Gasteiger partial charge in [0.05, 0.1) is 22.3 Å². The monoisotopic (exact) mass is 408 g/mol. The van der Waals surface area contributed by atoms with Crippen LogP contribution >= 0.6 is 0 Å². The highest BCUT2D eigenvalue weighted by Gasteiger charge is 2.24. The summed E-state index contributed by atoms with van der Waals surface area (Å²) in [6, 6.07) is 16.1. The van der Waals surface area contributed by atoms with Crippen LogP contribution in [0.5, 0.6) is 0 Å². The molecule has 3 N–H and O–H groups in total. The smallest absolute Gasteiger partial charge is 0.335 e. The summed E-state index contributed by atoms with van der Waals surface area (Å²) in [5.41, 5.74) is 4.98. The number of pyridine rings is 1. The number of fused-ring (bicyclic) bond motifs is 2. The standard InChI is InChI=1S/C24H16N4O3/c29-23-19(17-2-1-11-25-22(17)26-23)12-15-5-9-18-20(27-28-21(18)13-15)10-6-14-3-7-16(8-4-14)24(30)31/h1-13H,(H,27,28)(H,30,31)(H,25,26,29)/b10-6?,19-12-. The van der Waals surface area contributed by atoms with Gasteiger partial charge in [-0.3, -0.25) is 9.89 Å². The summed E-state index contributed by atoms with van der Waals surface area (Å²) in [4.78, 5) is 27.4. The Bertz CT molecular complexity index is 1400. The van der Waals surface area contributed by atoms with E-state index in [9.17, 15) is 9.59 Å². The molecule has 1 aliphatic heterocycles. The van der Waals surface area contributed by atoms with E-state index in [4.69, 9.17) is 5.11 Å². The second-order valence-electron chi connectivity index (χ2n) is 7.09. The largest absolute Gasteiger partial charge is 0.478 e. The van der Waals surface area contributed by atoms with Crippen molar-refractivity contribution in [1.82, 2.24) is 15.2 Å². The Kier molecular flexibility index (Phi) is 4.41. The number of carbonyl (C=O) groups excluding carboxylic acids is 1. The fourth-order valence-corrected chi connectivity index (χ4v) is 3.52. The Morgan fingerprint density at radius 3 is 2.61 bits per heavy atom. The number of aromatic carboxylic acids is 1. The number of nitrogens with zero attached hydrogens (tertiary/aromatic N) is 2. The lowest BCUT2D eigenvalue weighted by Gasteiger charge is -1.99.